The predicted molar refractivity (Wildman–Crippen MR) is 116 cm³/mol. The molecule has 0 spiro atoms. The number of pyridine rings is 1. The van der Waals surface area contributed by atoms with Crippen LogP contribution in [0.5, 0.6) is 0 Å². The van der Waals surface area contributed by atoms with Crippen molar-refractivity contribution < 1.29 is 8.78 Å². The summed E-state index contributed by atoms with van der Waals surface area (Å²) in [5, 5.41) is 15.4. The Labute approximate surface area is 187 Å². The molecule has 3 aliphatic rings. The SMILES string of the molecule is N#CC1CC1c1ccc(Nc2ncnc3cc(F)c(N4C[C@@H]5C[C@H]4CN5)nc23)c(F)c1Cl. The molecule has 6 rings (SSSR count). The second-order valence-electron chi connectivity index (χ2n) is 8.56. The number of halogens is 3. The summed E-state index contributed by atoms with van der Waals surface area (Å²) in [7, 11) is 0. The van der Waals surface area contributed by atoms with Crippen molar-refractivity contribution in [2.75, 3.05) is 23.3 Å². The Morgan fingerprint density at radius 3 is 2.84 bits per heavy atom. The molecule has 32 heavy (non-hydrogen) atoms. The third-order valence-corrected chi connectivity index (χ3v) is 6.98. The van der Waals surface area contributed by atoms with Gasteiger partial charge >= 0.3 is 0 Å². The van der Waals surface area contributed by atoms with Gasteiger partial charge in [-0.1, -0.05) is 17.7 Å². The summed E-state index contributed by atoms with van der Waals surface area (Å²) < 4.78 is 29.9. The van der Waals surface area contributed by atoms with Gasteiger partial charge in [0.15, 0.2) is 23.3 Å². The van der Waals surface area contributed by atoms with Gasteiger partial charge in [-0.15, -0.1) is 0 Å². The van der Waals surface area contributed by atoms with Crippen LogP contribution in [0.4, 0.5) is 26.1 Å². The zero-order valence-corrected chi connectivity index (χ0v) is 17.6. The molecule has 0 radical (unpaired) electrons. The molecule has 2 bridgehead atoms. The normalized spacial score (nSPS) is 25.9. The van der Waals surface area contributed by atoms with Crippen molar-refractivity contribution in [2.45, 2.75) is 30.8 Å². The van der Waals surface area contributed by atoms with Gasteiger partial charge in [-0.05, 0) is 24.5 Å². The van der Waals surface area contributed by atoms with E-state index < -0.39 is 11.6 Å². The molecule has 1 aromatic carbocycles. The van der Waals surface area contributed by atoms with Crippen LogP contribution in [0.25, 0.3) is 11.0 Å². The van der Waals surface area contributed by atoms with Crippen molar-refractivity contribution >= 4 is 40.0 Å². The van der Waals surface area contributed by atoms with Gasteiger partial charge in [0.25, 0.3) is 0 Å². The first-order valence-electron chi connectivity index (χ1n) is 10.5. The number of anilines is 3. The maximum Gasteiger partial charge on any atom is 0.167 e. The largest absolute Gasteiger partial charge is 0.348 e. The topological polar surface area (TPSA) is 89.8 Å². The van der Waals surface area contributed by atoms with E-state index in [1.54, 1.807) is 12.1 Å². The summed E-state index contributed by atoms with van der Waals surface area (Å²) >= 11 is 6.27. The standard InChI is InChI=1S/C22H18ClF2N7/c23-18-13(14-3-10(14)6-26)1-2-16(19(18)25)30-21-20-17(28-9-29-21)5-15(24)22(31-20)32-8-11-4-12(32)7-27-11/h1-2,5,9-12,14,27H,3-4,7-8H2,(H,28,29,30)/t10?,11-,12-,14?/m0/s1. The molecule has 3 fully saturated rings. The summed E-state index contributed by atoms with van der Waals surface area (Å²) in [6.07, 6.45) is 2.92. The number of hydrogen-bond donors (Lipinski definition) is 2. The van der Waals surface area contributed by atoms with Crippen LogP contribution in [-0.4, -0.2) is 40.1 Å². The van der Waals surface area contributed by atoms with Gasteiger partial charge in [-0.2, -0.15) is 5.26 Å². The first-order valence-corrected chi connectivity index (χ1v) is 10.9. The van der Waals surface area contributed by atoms with Gasteiger partial charge in [-0.3, -0.25) is 0 Å². The third kappa shape index (κ3) is 3.05. The van der Waals surface area contributed by atoms with Gasteiger partial charge in [0.2, 0.25) is 0 Å². The van der Waals surface area contributed by atoms with Crippen LogP contribution in [0.1, 0.15) is 24.3 Å². The molecule has 3 aromatic rings. The molecule has 2 N–H and O–H groups in total. The average molecular weight is 454 g/mol. The van der Waals surface area contributed by atoms with Crippen LogP contribution in [0.15, 0.2) is 24.5 Å². The number of rotatable bonds is 4. The highest BCUT2D eigenvalue weighted by Gasteiger charge is 2.41. The lowest BCUT2D eigenvalue weighted by Crippen LogP contribution is -2.44. The van der Waals surface area contributed by atoms with Gasteiger partial charge < -0.3 is 15.5 Å². The van der Waals surface area contributed by atoms with Crippen molar-refractivity contribution in [2.24, 2.45) is 5.92 Å². The fourth-order valence-corrected chi connectivity index (χ4v) is 5.13. The first kappa shape index (κ1) is 19.6. The van der Waals surface area contributed by atoms with Crippen LogP contribution in [0, 0.1) is 28.9 Å². The number of nitriles is 1. The number of fused-ring (bicyclic) bond motifs is 3. The smallest absolute Gasteiger partial charge is 0.167 e. The van der Waals surface area contributed by atoms with Gasteiger partial charge in [-0.25, -0.2) is 23.7 Å². The lowest BCUT2D eigenvalue weighted by Gasteiger charge is -2.28. The zero-order chi connectivity index (χ0) is 22.0. The van der Waals surface area contributed by atoms with E-state index in [9.17, 15) is 4.39 Å². The van der Waals surface area contributed by atoms with Gasteiger partial charge in [0.1, 0.15) is 11.8 Å². The molecule has 7 nitrogen and oxygen atoms in total. The van der Waals surface area contributed by atoms with Gasteiger partial charge in [0, 0.05) is 37.2 Å². The maximum atomic E-state index is 15.0. The highest BCUT2D eigenvalue weighted by Crippen LogP contribution is 2.50. The minimum atomic E-state index is -0.621. The van der Waals surface area contributed by atoms with E-state index in [-0.39, 0.29) is 40.2 Å². The monoisotopic (exact) mass is 453 g/mol. The Morgan fingerprint density at radius 2 is 2.12 bits per heavy atom. The van der Waals surface area contributed by atoms with Crippen molar-refractivity contribution in [3.63, 3.8) is 0 Å². The van der Waals surface area contributed by atoms with Crippen LogP contribution in [-0.2, 0) is 0 Å². The average Bonchev–Trinajstić information content (AvgIpc) is 3.25. The number of benzene rings is 1. The van der Waals surface area contributed by atoms with Crippen LogP contribution >= 0.6 is 11.6 Å². The second kappa shape index (κ2) is 7.22. The van der Waals surface area contributed by atoms with Crippen molar-refractivity contribution in [3.8, 4) is 6.07 Å². The number of piperazine rings is 1. The number of nitrogens with zero attached hydrogens (tertiary/aromatic N) is 5. The zero-order valence-electron chi connectivity index (χ0n) is 16.8. The Hall–Kier alpha value is -3.09. The molecule has 0 amide bonds. The molecular weight excluding hydrogens is 436 g/mol. The number of hydrogen-bond acceptors (Lipinski definition) is 7. The molecule has 162 valence electrons. The molecule has 2 aromatic heterocycles. The van der Waals surface area contributed by atoms with E-state index in [2.05, 4.69) is 31.7 Å². The van der Waals surface area contributed by atoms with Gasteiger partial charge in [0.05, 0.1) is 28.2 Å². The molecule has 2 aliphatic heterocycles. The fraction of sp³-hybridized carbons (Fsp3) is 0.364. The first-order chi connectivity index (χ1) is 15.5. The molecule has 4 heterocycles. The molecule has 10 heteroatoms. The number of aromatic nitrogens is 3. The Bertz CT molecular complexity index is 1290. The number of nitrogens with one attached hydrogen (secondary N) is 2. The molecular formula is C22H18ClF2N7. The minimum absolute atomic E-state index is 0.00334. The lowest BCUT2D eigenvalue weighted by molar-refractivity contribution is 0.555. The van der Waals surface area contributed by atoms with Crippen molar-refractivity contribution in [1.82, 2.24) is 20.3 Å². The highest BCUT2D eigenvalue weighted by molar-refractivity contribution is 6.32. The molecule has 2 unspecified atom stereocenters. The van der Waals surface area contributed by atoms with E-state index in [0.29, 0.717) is 35.6 Å². The van der Waals surface area contributed by atoms with Crippen LogP contribution in [0.3, 0.4) is 0 Å². The molecule has 1 saturated carbocycles. The minimum Gasteiger partial charge on any atom is -0.348 e. The predicted octanol–water partition coefficient (Wildman–Crippen LogP) is 3.88. The molecule has 1 aliphatic carbocycles. The van der Waals surface area contributed by atoms with E-state index in [0.717, 1.165) is 13.0 Å². The molecule has 4 atom stereocenters. The van der Waals surface area contributed by atoms with E-state index in [4.69, 9.17) is 16.9 Å². The lowest BCUT2D eigenvalue weighted by atomic mass is 10.1. The summed E-state index contributed by atoms with van der Waals surface area (Å²) in [4.78, 5) is 14.9. The quantitative estimate of drug-likeness (QED) is 0.619. The van der Waals surface area contributed by atoms with Crippen molar-refractivity contribution in [3.05, 3.63) is 46.7 Å². The van der Waals surface area contributed by atoms with E-state index in [1.165, 1.54) is 12.4 Å². The van der Waals surface area contributed by atoms with E-state index in [1.807, 2.05) is 4.90 Å². The Kier molecular flexibility index (Phi) is 4.42. The Balaban J connectivity index is 1.36. The highest BCUT2D eigenvalue weighted by atomic mass is 35.5. The second-order valence-corrected chi connectivity index (χ2v) is 8.94. The van der Waals surface area contributed by atoms with Crippen molar-refractivity contribution in [1.29, 1.82) is 5.26 Å². The maximum absolute atomic E-state index is 15.0. The Morgan fingerprint density at radius 1 is 1.25 bits per heavy atom. The van der Waals surface area contributed by atoms with Crippen LogP contribution in [0.2, 0.25) is 5.02 Å². The van der Waals surface area contributed by atoms with E-state index >= 15 is 4.39 Å². The summed E-state index contributed by atoms with van der Waals surface area (Å²) in [5.74, 6) is -0.690. The summed E-state index contributed by atoms with van der Waals surface area (Å²) in [5.41, 5.74) is 1.44. The van der Waals surface area contributed by atoms with Crippen LogP contribution < -0.4 is 15.5 Å². The third-order valence-electron chi connectivity index (χ3n) is 6.59. The molecule has 2 saturated heterocycles. The summed E-state index contributed by atoms with van der Waals surface area (Å²) in [6.45, 7) is 1.48. The fourth-order valence-electron chi connectivity index (χ4n) is 4.82. The summed E-state index contributed by atoms with van der Waals surface area (Å²) in [6, 6.07) is 7.37.